The number of halogens is 1. The van der Waals surface area contributed by atoms with Crippen LogP contribution in [0.2, 0.25) is 0 Å². The summed E-state index contributed by atoms with van der Waals surface area (Å²) < 4.78 is 23.4. The number of aromatic nitrogens is 1. The number of methoxy groups -OCH3 is 2. The molecule has 0 amide bonds. The number of nitrogens with zero attached hydrogens (tertiary/aromatic N) is 1. The molecule has 0 radical (unpaired) electrons. The Bertz CT molecular complexity index is 499. The van der Waals surface area contributed by atoms with Gasteiger partial charge in [-0.25, -0.2) is 4.39 Å². The molecule has 0 saturated heterocycles. The Labute approximate surface area is 86.5 Å². The first kappa shape index (κ1) is 9.71. The van der Waals surface area contributed by atoms with Gasteiger partial charge in [0.1, 0.15) is 5.75 Å². The predicted octanol–water partition coefficient (Wildman–Crippen LogP) is 2.39. The van der Waals surface area contributed by atoms with E-state index in [0.29, 0.717) is 16.7 Å². The van der Waals surface area contributed by atoms with E-state index in [1.165, 1.54) is 20.3 Å². The Kier molecular flexibility index (Phi) is 2.41. The Morgan fingerprint density at radius 3 is 2.53 bits per heavy atom. The fourth-order valence-corrected chi connectivity index (χ4v) is 1.46. The fraction of sp³-hybridized carbons (Fsp3) is 0.182. The lowest BCUT2D eigenvalue weighted by molar-refractivity contribution is 0.387. The molecule has 1 aromatic carbocycles. The summed E-state index contributed by atoms with van der Waals surface area (Å²) in [5.41, 5.74) is 0.646. The molecule has 0 unspecified atom stereocenters. The maximum Gasteiger partial charge on any atom is 0.165 e. The van der Waals surface area contributed by atoms with Gasteiger partial charge in [-0.05, 0) is 12.1 Å². The van der Waals surface area contributed by atoms with E-state index in [2.05, 4.69) is 4.98 Å². The molecule has 0 aliphatic carbocycles. The topological polar surface area (TPSA) is 31.4 Å². The van der Waals surface area contributed by atoms with E-state index < -0.39 is 5.82 Å². The van der Waals surface area contributed by atoms with Crippen molar-refractivity contribution in [1.29, 1.82) is 0 Å². The van der Waals surface area contributed by atoms with Crippen molar-refractivity contribution in [2.75, 3.05) is 14.2 Å². The third-order valence-electron chi connectivity index (χ3n) is 2.20. The highest BCUT2D eigenvalue weighted by Crippen LogP contribution is 2.29. The van der Waals surface area contributed by atoms with Crippen LogP contribution < -0.4 is 9.47 Å². The van der Waals surface area contributed by atoms with Crippen LogP contribution in [0.3, 0.4) is 0 Å². The van der Waals surface area contributed by atoms with Crippen molar-refractivity contribution in [2.45, 2.75) is 0 Å². The standard InChI is InChI=1S/C11H10FNO2/c1-14-10-3-4-13-9-6-11(15-2)8(12)5-7(9)10/h3-6H,1-2H3. The molecule has 1 heterocycles. The monoisotopic (exact) mass is 207 g/mol. The quantitative estimate of drug-likeness (QED) is 0.757. The molecular formula is C11H10FNO2. The fourth-order valence-electron chi connectivity index (χ4n) is 1.46. The van der Waals surface area contributed by atoms with Gasteiger partial charge in [-0.1, -0.05) is 0 Å². The van der Waals surface area contributed by atoms with Gasteiger partial charge in [0.05, 0.1) is 19.7 Å². The van der Waals surface area contributed by atoms with Crippen molar-refractivity contribution in [2.24, 2.45) is 0 Å². The SMILES string of the molecule is COc1cc2nccc(OC)c2cc1F. The van der Waals surface area contributed by atoms with Gasteiger partial charge in [0.25, 0.3) is 0 Å². The van der Waals surface area contributed by atoms with Gasteiger partial charge in [0, 0.05) is 17.6 Å². The van der Waals surface area contributed by atoms with Crippen LogP contribution in [0.5, 0.6) is 11.5 Å². The molecule has 0 bridgehead atoms. The molecule has 0 aliphatic heterocycles. The number of hydrogen-bond acceptors (Lipinski definition) is 3. The van der Waals surface area contributed by atoms with Crippen LogP contribution >= 0.6 is 0 Å². The highest BCUT2D eigenvalue weighted by Gasteiger charge is 2.08. The lowest BCUT2D eigenvalue weighted by Gasteiger charge is -2.07. The van der Waals surface area contributed by atoms with Gasteiger partial charge in [0.15, 0.2) is 11.6 Å². The molecular weight excluding hydrogens is 197 g/mol. The van der Waals surface area contributed by atoms with Crippen molar-refractivity contribution in [1.82, 2.24) is 4.98 Å². The van der Waals surface area contributed by atoms with E-state index in [1.807, 2.05) is 0 Å². The van der Waals surface area contributed by atoms with E-state index in [-0.39, 0.29) is 5.75 Å². The summed E-state index contributed by atoms with van der Waals surface area (Å²) in [6, 6.07) is 4.60. The molecule has 2 rings (SSSR count). The summed E-state index contributed by atoms with van der Waals surface area (Å²) in [6.07, 6.45) is 1.61. The minimum atomic E-state index is -0.420. The largest absolute Gasteiger partial charge is 0.496 e. The van der Waals surface area contributed by atoms with Gasteiger partial charge in [-0.3, -0.25) is 4.98 Å². The molecule has 0 atom stereocenters. The minimum Gasteiger partial charge on any atom is -0.496 e. The molecule has 15 heavy (non-hydrogen) atoms. The van der Waals surface area contributed by atoms with E-state index in [4.69, 9.17) is 9.47 Å². The van der Waals surface area contributed by atoms with Crippen molar-refractivity contribution in [3.63, 3.8) is 0 Å². The second-order valence-corrected chi connectivity index (χ2v) is 3.02. The van der Waals surface area contributed by atoms with Crippen LogP contribution in [0.4, 0.5) is 4.39 Å². The summed E-state index contributed by atoms with van der Waals surface area (Å²) >= 11 is 0. The third kappa shape index (κ3) is 1.58. The Morgan fingerprint density at radius 1 is 1.13 bits per heavy atom. The van der Waals surface area contributed by atoms with Gasteiger partial charge >= 0.3 is 0 Å². The molecule has 3 nitrogen and oxygen atoms in total. The van der Waals surface area contributed by atoms with E-state index in [0.717, 1.165) is 0 Å². The van der Waals surface area contributed by atoms with Gasteiger partial charge < -0.3 is 9.47 Å². The number of pyridine rings is 1. The first-order chi connectivity index (χ1) is 7.26. The van der Waals surface area contributed by atoms with E-state index >= 15 is 0 Å². The Balaban J connectivity index is 2.74. The van der Waals surface area contributed by atoms with Crippen LogP contribution in [0.15, 0.2) is 24.4 Å². The average Bonchev–Trinajstić information content (AvgIpc) is 2.27. The number of rotatable bonds is 2. The van der Waals surface area contributed by atoms with Gasteiger partial charge in [-0.2, -0.15) is 0 Å². The summed E-state index contributed by atoms with van der Waals surface area (Å²) in [6.45, 7) is 0. The van der Waals surface area contributed by atoms with Crippen LogP contribution in [0.25, 0.3) is 10.9 Å². The van der Waals surface area contributed by atoms with Crippen LogP contribution in [-0.4, -0.2) is 19.2 Å². The molecule has 0 fully saturated rings. The van der Waals surface area contributed by atoms with Crippen molar-refractivity contribution < 1.29 is 13.9 Å². The summed E-state index contributed by atoms with van der Waals surface area (Å²) in [7, 11) is 2.96. The second-order valence-electron chi connectivity index (χ2n) is 3.02. The first-order valence-corrected chi connectivity index (χ1v) is 4.42. The third-order valence-corrected chi connectivity index (χ3v) is 2.20. The summed E-state index contributed by atoms with van der Waals surface area (Å²) in [5, 5.41) is 0.637. The maximum atomic E-state index is 13.4. The lowest BCUT2D eigenvalue weighted by Crippen LogP contribution is -1.91. The zero-order chi connectivity index (χ0) is 10.8. The smallest absolute Gasteiger partial charge is 0.165 e. The van der Waals surface area contributed by atoms with Gasteiger partial charge in [0.2, 0.25) is 0 Å². The Hall–Kier alpha value is -1.84. The summed E-state index contributed by atoms with van der Waals surface area (Å²) in [5.74, 6) is 0.362. The zero-order valence-electron chi connectivity index (χ0n) is 8.45. The molecule has 0 saturated carbocycles. The second kappa shape index (κ2) is 3.73. The number of hydrogen-bond donors (Lipinski definition) is 0. The van der Waals surface area contributed by atoms with Crippen LogP contribution in [0.1, 0.15) is 0 Å². The number of ether oxygens (including phenoxy) is 2. The predicted molar refractivity (Wildman–Crippen MR) is 54.8 cm³/mol. The summed E-state index contributed by atoms with van der Waals surface area (Å²) in [4.78, 5) is 4.11. The van der Waals surface area contributed by atoms with Crippen molar-refractivity contribution >= 4 is 10.9 Å². The highest BCUT2D eigenvalue weighted by molar-refractivity contribution is 5.86. The molecule has 1 aromatic heterocycles. The molecule has 4 heteroatoms. The molecule has 0 aliphatic rings. The van der Waals surface area contributed by atoms with Crippen LogP contribution in [-0.2, 0) is 0 Å². The highest BCUT2D eigenvalue weighted by atomic mass is 19.1. The van der Waals surface area contributed by atoms with Gasteiger partial charge in [-0.15, -0.1) is 0 Å². The van der Waals surface area contributed by atoms with Crippen LogP contribution in [0, 0.1) is 5.82 Å². The maximum absolute atomic E-state index is 13.4. The molecule has 78 valence electrons. The molecule has 0 N–H and O–H groups in total. The molecule has 2 aromatic rings. The normalized spacial score (nSPS) is 10.3. The Morgan fingerprint density at radius 2 is 1.87 bits per heavy atom. The zero-order valence-corrected chi connectivity index (χ0v) is 8.45. The molecule has 0 spiro atoms. The van der Waals surface area contributed by atoms with E-state index in [9.17, 15) is 4.39 Å². The lowest BCUT2D eigenvalue weighted by atomic mass is 10.2. The number of fused-ring (bicyclic) bond motifs is 1. The first-order valence-electron chi connectivity index (χ1n) is 4.42. The minimum absolute atomic E-state index is 0.184. The van der Waals surface area contributed by atoms with Crippen molar-refractivity contribution in [3.8, 4) is 11.5 Å². The average molecular weight is 207 g/mol. The van der Waals surface area contributed by atoms with E-state index in [1.54, 1.807) is 18.3 Å². The number of benzene rings is 1. The van der Waals surface area contributed by atoms with Crippen molar-refractivity contribution in [3.05, 3.63) is 30.2 Å².